The van der Waals surface area contributed by atoms with Crippen LogP contribution in [0.25, 0.3) is 33.2 Å². The van der Waals surface area contributed by atoms with Crippen LogP contribution in [0.5, 0.6) is 0 Å². The maximum absolute atomic E-state index is 10.0. The van der Waals surface area contributed by atoms with E-state index in [0.717, 1.165) is 16.8 Å². The molecule has 0 fully saturated rings. The summed E-state index contributed by atoms with van der Waals surface area (Å²) in [6, 6.07) is 26.9. The number of nitrogens with zero attached hydrogens (tertiary/aromatic N) is 1. The molecule has 4 aromatic rings. The third-order valence-electron chi connectivity index (χ3n) is 4.70. The summed E-state index contributed by atoms with van der Waals surface area (Å²) in [5.41, 5.74) is 6.84. The van der Waals surface area contributed by atoms with E-state index in [9.17, 15) is 4.79 Å². The van der Waals surface area contributed by atoms with Crippen molar-refractivity contribution in [2.24, 2.45) is 0 Å². The maximum atomic E-state index is 10.0. The number of aryl methyl sites for hydroxylation is 2. The van der Waals surface area contributed by atoms with Crippen LogP contribution >= 0.6 is 0 Å². The van der Waals surface area contributed by atoms with Crippen LogP contribution in [0.3, 0.4) is 0 Å². The number of carbonyl (C=O) groups is 1. The molecular formula is C29H30IrNO2-. The number of rotatable bonds is 3. The van der Waals surface area contributed by atoms with Gasteiger partial charge in [-0.05, 0) is 48.9 Å². The molecule has 1 N–H and O–H groups in total. The number of ketones is 1. The van der Waals surface area contributed by atoms with Crippen molar-refractivity contribution in [3.8, 4) is 22.4 Å². The monoisotopic (exact) mass is 617 g/mol. The summed E-state index contributed by atoms with van der Waals surface area (Å²) in [6.45, 7) is 7.05. The zero-order valence-corrected chi connectivity index (χ0v) is 21.0. The van der Waals surface area contributed by atoms with Crippen molar-refractivity contribution < 1.29 is 30.0 Å². The summed E-state index contributed by atoms with van der Waals surface area (Å²) in [7, 11) is 0. The molecule has 4 heteroatoms. The second-order valence-corrected chi connectivity index (χ2v) is 7.61. The second kappa shape index (κ2) is 12.8. The van der Waals surface area contributed by atoms with E-state index in [0.29, 0.717) is 0 Å². The number of pyridine rings is 1. The molecular weight excluding hydrogens is 587 g/mol. The van der Waals surface area contributed by atoms with Crippen LogP contribution in [-0.4, -0.2) is 15.9 Å². The summed E-state index contributed by atoms with van der Waals surface area (Å²) >= 11 is 0. The van der Waals surface area contributed by atoms with E-state index >= 15 is 0 Å². The Bertz CT molecular complexity index is 1240. The number of carbonyl (C=O) groups excluding carboxylic acids is 1. The van der Waals surface area contributed by atoms with E-state index in [1.165, 1.54) is 47.4 Å². The summed E-state index contributed by atoms with van der Waals surface area (Å²) in [5.74, 6) is -0.0625. The van der Waals surface area contributed by atoms with Crippen LogP contribution in [0.2, 0.25) is 0 Å². The standard InChI is InChI=1S/C23H18N.C5H8O2.CH4.Ir/c1-16-8-9-22-19(12-16)10-11-24-23(22)21-14-17(2)13-20(15-21)18-6-4-3-5-7-18;1-4(6)3-5(2)7;;/h3-13,15H,1-2H3;3,6H,1-2H3;1H4;/q-1;;;. The third kappa shape index (κ3) is 7.78. The van der Waals surface area contributed by atoms with Gasteiger partial charge in [0.05, 0.1) is 5.76 Å². The Kier molecular flexibility index (Phi) is 10.9. The Hall–Kier alpha value is -3.07. The molecule has 0 atom stereocenters. The zero-order valence-electron chi connectivity index (χ0n) is 18.6. The molecule has 4 rings (SSSR count). The average molecular weight is 617 g/mol. The van der Waals surface area contributed by atoms with Crippen molar-refractivity contribution in [3.05, 3.63) is 102 Å². The number of fused-ring (bicyclic) bond motifs is 1. The van der Waals surface area contributed by atoms with Gasteiger partial charge in [-0.25, -0.2) is 0 Å². The van der Waals surface area contributed by atoms with Gasteiger partial charge >= 0.3 is 0 Å². The number of hydrogen-bond donors (Lipinski definition) is 1. The maximum Gasteiger partial charge on any atom is 0.155 e. The van der Waals surface area contributed by atoms with E-state index in [2.05, 4.69) is 85.6 Å². The molecule has 0 saturated carbocycles. The van der Waals surface area contributed by atoms with Crippen LogP contribution < -0.4 is 0 Å². The molecule has 173 valence electrons. The van der Waals surface area contributed by atoms with Gasteiger partial charge in [0, 0.05) is 32.4 Å². The Labute approximate surface area is 210 Å². The van der Waals surface area contributed by atoms with E-state index in [1.54, 1.807) is 0 Å². The van der Waals surface area contributed by atoms with Gasteiger partial charge in [-0.3, -0.25) is 4.79 Å². The van der Waals surface area contributed by atoms with E-state index in [4.69, 9.17) is 5.11 Å². The van der Waals surface area contributed by atoms with Crippen LogP contribution in [0, 0.1) is 19.9 Å². The second-order valence-electron chi connectivity index (χ2n) is 7.61. The fourth-order valence-corrected chi connectivity index (χ4v) is 3.45. The normalized spacial score (nSPS) is 10.4. The number of aliphatic hydroxyl groups excluding tert-OH is 1. The predicted molar refractivity (Wildman–Crippen MR) is 135 cm³/mol. The predicted octanol–water partition coefficient (Wildman–Crippen LogP) is 7.66. The number of aromatic nitrogens is 1. The van der Waals surface area contributed by atoms with Crippen molar-refractivity contribution in [3.63, 3.8) is 0 Å². The van der Waals surface area contributed by atoms with Crippen molar-refractivity contribution in [2.75, 3.05) is 0 Å². The van der Waals surface area contributed by atoms with E-state index < -0.39 is 0 Å². The smallest absolute Gasteiger partial charge is 0.155 e. The molecule has 0 saturated heterocycles. The van der Waals surface area contributed by atoms with Gasteiger partial charge < -0.3 is 10.1 Å². The summed E-state index contributed by atoms with van der Waals surface area (Å²) < 4.78 is 0. The summed E-state index contributed by atoms with van der Waals surface area (Å²) in [4.78, 5) is 14.7. The molecule has 3 aromatic carbocycles. The minimum absolute atomic E-state index is 0. The van der Waals surface area contributed by atoms with Gasteiger partial charge in [-0.15, -0.1) is 34.9 Å². The molecule has 0 aliphatic rings. The van der Waals surface area contributed by atoms with Crippen molar-refractivity contribution in [1.82, 2.24) is 4.98 Å². The Morgan fingerprint density at radius 3 is 2.24 bits per heavy atom. The summed E-state index contributed by atoms with van der Waals surface area (Å²) in [6.07, 6.45) is 3.05. The molecule has 0 aliphatic carbocycles. The van der Waals surface area contributed by atoms with Gasteiger partial charge in [-0.1, -0.05) is 68.4 Å². The number of hydrogen-bond acceptors (Lipinski definition) is 3. The Morgan fingerprint density at radius 1 is 0.939 bits per heavy atom. The number of benzene rings is 3. The molecule has 33 heavy (non-hydrogen) atoms. The first kappa shape index (κ1) is 28.0. The summed E-state index contributed by atoms with van der Waals surface area (Å²) in [5, 5.41) is 10.8. The first-order valence-electron chi connectivity index (χ1n) is 10.2. The van der Waals surface area contributed by atoms with Gasteiger partial charge in [0.15, 0.2) is 5.78 Å². The molecule has 0 bridgehead atoms. The topological polar surface area (TPSA) is 50.2 Å². The number of allylic oxidation sites excluding steroid dienone is 2. The largest absolute Gasteiger partial charge is 0.512 e. The van der Waals surface area contributed by atoms with Crippen molar-refractivity contribution >= 4 is 16.6 Å². The Morgan fingerprint density at radius 2 is 1.64 bits per heavy atom. The van der Waals surface area contributed by atoms with Crippen LogP contribution in [0.1, 0.15) is 32.4 Å². The molecule has 0 spiro atoms. The van der Waals surface area contributed by atoms with Crippen molar-refractivity contribution in [1.29, 1.82) is 0 Å². The molecule has 1 heterocycles. The van der Waals surface area contributed by atoms with Gasteiger partial charge in [0.2, 0.25) is 0 Å². The number of aliphatic hydroxyl groups is 1. The fourth-order valence-electron chi connectivity index (χ4n) is 3.45. The van der Waals surface area contributed by atoms with Crippen LogP contribution in [-0.2, 0) is 24.9 Å². The van der Waals surface area contributed by atoms with Gasteiger partial charge in [0.25, 0.3) is 0 Å². The fraction of sp³-hybridized carbons (Fsp3) is 0.172. The minimum Gasteiger partial charge on any atom is -0.512 e. The molecule has 1 aromatic heterocycles. The Balaban J connectivity index is 0.000000533. The van der Waals surface area contributed by atoms with Crippen LogP contribution in [0.15, 0.2) is 84.8 Å². The molecule has 3 nitrogen and oxygen atoms in total. The van der Waals surface area contributed by atoms with E-state index in [-0.39, 0.29) is 39.1 Å². The SMILES string of the molecule is C.CC(=O)C=C(C)O.Cc1[c-]c(-c2nccc3cc(C)ccc23)cc(-c2ccccc2)c1.[Ir]. The quantitative estimate of drug-likeness (QED) is 0.146. The first-order chi connectivity index (χ1) is 14.8. The average Bonchev–Trinajstić information content (AvgIpc) is 2.73. The third-order valence-corrected chi connectivity index (χ3v) is 4.70. The molecule has 0 amide bonds. The zero-order chi connectivity index (χ0) is 22.4. The molecule has 1 radical (unpaired) electrons. The minimum atomic E-state index is -0.125. The molecule has 0 aliphatic heterocycles. The van der Waals surface area contributed by atoms with Gasteiger partial charge in [-0.2, -0.15) is 0 Å². The molecule has 0 unspecified atom stereocenters. The van der Waals surface area contributed by atoms with E-state index in [1.807, 2.05) is 12.3 Å². The first-order valence-corrected chi connectivity index (χ1v) is 10.2. The van der Waals surface area contributed by atoms with Gasteiger partial charge in [0.1, 0.15) is 0 Å². The van der Waals surface area contributed by atoms with Crippen molar-refractivity contribution in [2.45, 2.75) is 35.1 Å². The van der Waals surface area contributed by atoms with Crippen LogP contribution in [0.4, 0.5) is 0 Å².